The van der Waals surface area contributed by atoms with Gasteiger partial charge >= 0.3 is 0 Å². The van der Waals surface area contributed by atoms with Crippen molar-refractivity contribution in [3.63, 3.8) is 0 Å². The Bertz CT molecular complexity index is 318. The Morgan fingerprint density at radius 3 is 2.91 bits per heavy atom. The lowest BCUT2D eigenvalue weighted by atomic mass is 10.3. The van der Waals surface area contributed by atoms with Crippen molar-refractivity contribution in [3.05, 3.63) is 24.9 Å². The Kier molecular flexibility index (Phi) is 1.33. The zero-order chi connectivity index (χ0) is 7.52. The number of hydrogen-bond acceptors (Lipinski definition) is 5. The Labute approximate surface area is 62.1 Å². The summed E-state index contributed by atoms with van der Waals surface area (Å²) >= 11 is 0. The van der Waals surface area contributed by atoms with Crippen LogP contribution in [0.25, 0.3) is 11.4 Å². The molecule has 0 amide bonds. The lowest BCUT2D eigenvalue weighted by Gasteiger charge is -1.88. The first-order valence-electron chi connectivity index (χ1n) is 3.00. The monoisotopic (exact) mass is 148 g/mol. The second-order valence-corrected chi connectivity index (χ2v) is 1.88. The molecule has 0 fully saturated rings. The molecule has 54 valence electrons. The zero-order valence-corrected chi connectivity index (χ0v) is 5.51. The minimum absolute atomic E-state index is 0.618. The van der Waals surface area contributed by atoms with Crippen LogP contribution in [0.1, 0.15) is 0 Å². The SMILES string of the molecule is c1cc(-c2conn2)ncn1. The van der Waals surface area contributed by atoms with Crippen LogP contribution < -0.4 is 0 Å². The summed E-state index contributed by atoms with van der Waals surface area (Å²) in [5.74, 6) is 0. The van der Waals surface area contributed by atoms with Gasteiger partial charge in [0.15, 0.2) is 12.0 Å². The Morgan fingerprint density at radius 2 is 2.27 bits per heavy atom. The van der Waals surface area contributed by atoms with Crippen LogP contribution in [0.2, 0.25) is 0 Å². The summed E-state index contributed by atoms with van der Waals surface area (Å²) in [7, 11) is 0. The van der Waals surface area contributed by atoms with Crippen LogP contribution in [0.5, 0.6) is 0 Å². The summed E-state index contributed by atoms with van der Waals surface area (Å²) < 4.78 is 4.55. The Balaban J connectivity index is 2.46. The van der Waals surface area contributed by atoms with Gasteiger partial charge in [-0.1, -0.05) is 0 Å². The molecular formula is C6H4N4O. The van der Waals surface area contributed by atoms with Gasteiger partial charge in [0.2, 0.25) is 0 Å². The average Bonchev–Trinajstić information content (AvgIpc) is 2.58. The molecule has 0 N–H and O–H groups in total. The maximum atomic E-state index is 4.55. The largest absolute Gasteiger partial charge is 0.345 e. The molecule has 2 rings (SSSR count). The molecule has 0 unspecified atom stereocenters. The van der Waals surface area contributed by atoms with Crippen LogP contribution in [-0.4, -0.2) is 20.3 Å². The summed E-state index contributed by atoms with van der Waals surface area (Å²) in [6.45, 7) is 0. The van der Waals surface area contributed by atoms with E-state index in [1.54, 1.807) is 12.3 Å². The molecule has 0 saturated carbocycles. The molecule has 0 saturated heterocycles. The van der Waals surface area contributed by atoms with E-state index in [0.29, 0.717) is 11.4 Å². The van der Waals surface area contributed by atoms with Crippen molar-refractivity contribution < 1.29 is 4.52 Å². The van der Waals surface area contributed by atoms with E-state index in [1.165, 1.54) is 12.6 Å². The van der Waals surface area contributed by atoms with E-state index in [0.717, 1.165) is 0 Å². The molecule has 0 aromatic carbocycles. The highest BCUT2D eigenvalue weighted by molar-refractivity contribution is 5.49. The minimum atomic E-state index is 0.618. The zero-order valence-electron chi connectivity index (χ0n) is 5.51. The fourth-order valence-electron chi connectivity index (χ4n) is 0.718. The van der Waals surface area contributed by atoms with Gasteiger partial charge in [0, 0.05) is 11.5 Å². The van der Waals surface area contributed by atoms with Gasteiger partial charge in [-0.25, -0.2) is 9.97 Å². The summed E-state index contributed by atoms with van der Waals surface area (Å²) in [6.07, 6.45) is 4.52. The first kappa shape index (κ1) is 5.96. The van der Waals surface area contributed by atoms with Crippen molar-refractivity contribution in [2.45, 2.75) is 0 Å². The molecular weight excluding hydrogens is 144 g/mol. The van der Waals surface area contributed by atoms with E-state index >= 15 is 0 Å². The summed E-state index contributed by atoms with van der Waals surface area (Å²) in [4.78, 5) is 7.71. The van der Waals surface area contributed by atoms with Crippen molar-refractivity contribution in [3.8, 4) is 11.4 Å². The smallest absolute Gasteiger partial charge is 0.153 e. The van der Waals surface area contributed by atoms with Crippen molar-refractivity contribution in [1.29, 1.82) is 0 Å². The van der Waals surface area contributed by atoms with Gasteiger partial charge in [0.1, 0.15) is 6.33 Å². The average molecular weight is 148 g/mol. The van der Waals surface area contributed by atoms with Gasteiger partial charge in [0.25, 0.3) is 0 Å². The third-order valence-electron chi connectivity index (χ3n) is 1.20. The predicted molar refractivity (Wildman–Crippen MR) is 35.3 cm³/mol. The highest BCUT2D eigenvalue weighted by Gasteiger charge is 2.00. The quantitative estimate of drug-likeness (QED) is 0.590. The van der Waals surface area contributed by atoms with Gasteiger partial charge in [0.05, 0.1) is 5.69 Å². The van der Waals surface area contributed by atoms with E-state index in [4.69, 9.17) is 0 Å². The predicted octanol–water partition coefficient (Wildman–Crippen LogP) is 0.527. The first-order valence-corrected chi connectivity index (χ1v) is 3.00. The van der Waals surface area contributed by atoms with Crippen molar-refractivity contribution in [1.82, 2.24) is 20.3 Å². The molecule has 5 nitrogen and oxygen atoms in total. The lowest BCUT2D eigenvalue weighted by molar-refractivity contribution is 0.393. The normalized spacial score (nSPS) is 9.82. The van der Waals surface area contributed by atoms with E-state index in [9.17, 15) is 0 Å². The molecule has 0 bridgehead atoms. The van der Waals surface area contributed by atoms with E-state index < -0.39 is 0 Å². The first-order chi connectivity index (χ1) is 5.47. The summed E-state index contributed by atoms with van der Waals surface area (Å²) in [6, 6.07) is 1.74. The molecule has 5 heteroatoms. The topological polar surface area (TPSA) is 64.7 Å². The second kappa shape index (κ2) is 2.45. The van der Waals surface area contributed by atoms with E-state index in [1.807, 2.05) is 0 Å². The third-order valence-corrected chi connectivity index (χ3v) is 1.20. The highest BCUT2D eigenvalue weighted by atomic mass is 16.5. The van der Waals surface area contributed by atoms with Crippen molar-refractivity contribution >= 4 is 0 Å². The molecule has 2 heterocycles. The number of nitrogens with zero attached hydrogens (tertiary/aromatic N) is 4. The van der Waals surface area contributed by atoms with Crippen LogP contribution >= 0.6 is 0 Å². The standard InChI is InChI=1S/C6H4N4O/c1-2-7-4-8-5(1)6-3-11-10-9-6/h1-4H. The van der Waals surface area contributed by atoms with Crippen LogP contribution in [0.15, 0.2) is 29.4 Å². The molecule has 0 aliphatic rings. The van der Waals surface area contributed by atoms with Gasteiger partial charge in [-0.3, -0.25) is 0 Å². The van der Waals surface area contributed by atoms with Crippen LogP contribution in [-0.2, 0) is 0 Å². The molecule has 0 radical (unpaired) electrons. The molecule has 0 atom stereocenters. The molecule has 11 heavy (non-hydrogen) atoms. The molecule has 2 aromatic rings. The maximum Gasteiger partial charge on any atom is 0.153 e. The van der Waals surface area contributed by atoms with Gasteiger partial charge in [-0.05, 0) is 6.07 Å². The summed E-state index contributed by atoms with van der Waals surface area (Å²) in [5.41, 5.74) is 1.33. The third kappa shape index (κ3) is 1.07. The number of rotatable bonds is 1. The number of hydrogen-bond donors (Lipinski definition) is 0. The van der Waals surface area contributed by atoms with Gasteiger partial charge < -0.3 is 4.52 Å². The fourth-order valence-corrected chi connectivity index (χ4v) is 0.718. The van der Waals surface area contributed by atoms with Crippen molar-refractivity contribution in [2.24, 2.45) is 0 Å². The minimum Gasteiger partial charge on any atom is -0.345 e. The Morgan fingerprint density at radius 1 is 1.27 bits per heavy atom. The van der Waals surface area contributed by atoms with Crippen LogP contribution in [0.3, 0.4) is 0 Å². The molecule has 0 spiro atoms. The summed E-state index contributed by atoms with van der Waals surface area (Å²) in [5, 5.41) is 6.99. The van der Waals surface area contributed by atoms with Crippen molar-refractivity contribution in [2.75, 3.05) is 0 Å². The molecule has 2 aromatic heterocycles. The fraction of sp³-hybridized carbons (Fsp3) is 0. The van der Waals surface area contributed by atoms with Gasteiger partial charge in [-0.15, -0.1) is 5.10 Å². The molecule has 0 aliphatic heterocycles. The van der Waals surface area contributed by atoms with Gasteiger partial charge in [-0.2, -0.15) is 0 Å². The maximum absolute atomic E-state index is 4.55. The van der Waals surface area contributed by atoms with E-state index in [2.05, 4.69) is 24.9 Å². The Hall–Kier alpha value is -1.78. The lowest BCUT2D eigenvalue weighted by Crippen LogP contribution is -1.83. The number of aromatic nitrogens is 4. The van der Waals surface area contributed by atoms with Crippen LogP contribution in [0, 0.1) is 0 Å². The van der Waals surface area contributed by atoms with Crippen LogP contribution in [0.4, 0.5) is 0 Å². The van der Waals surface area contributed by atoms with E-state index in [-0.39, 0.29) is 0 Å². The molecule has 0 aliphatic carbocycles. The highest BCUT2D eigenvalue weighted by Crippen LogP contribution is 2.09. The second-order valence-electron chi connectivity index (χ2n) is 1.88.